The van der Waals surface area contributed by atoms with Crippen molar-refractivity contribution in [1.29, 1.82) is 0 Å². The fraction of sp³-hybridized carbons (Fsp3) is 0.182. The molecule has 0 atom stereocenters. The number of aryl methyl sites for hydroxylation is 1. The Morgan fingerprint density at radius 1 is 1.22 bits per heavy atom. The summed E-state index contributed by atoms with van der Waals surface area (Å²) in [6.45, 7) is 0. The SMILES string of the molecule is Cn1nc(CS(=O)(=O)c2ccc(Cl)cc2)cc1Cl. The van der Waals surface area contributed by atoms with Gasteiger partial charge < -0.3 is 0 Å². The van der Waals surface area contributed by atoms with Crippen molar-refractivity contribution in [3.63, 3.8) is 0 Å². The summed E-state index contributed by atoms with van der Waals surface area (Å²) in [5.41, 5.74) is 0.414. The van der Waals surface area contributed by atoms with Gasteiger partial charge in [-0.25, -0.2) is 8.42 Å². The topological polar surface area (TPSA) is 52.0 Å². The minimum atomic E-state index is -3.43. The van der Waals surface area contributed by atoms with Crippen molar-refractivity contribution < 1.29 is 8.42 Å². The van der Waals surface area contributed by atoms with Crippen LogP contribution in [-0.2, 0) is 22.6 Å². The molecule has 1 aromatic heterocycles. The van der Waals surface area contributed by atoms with Crippen molar-refractivity contribution in [2.75, 3.05) is 0 Å². The molecule has 0 aliphatic rings. The fourth-order valence-electron chi connectivity index (χ4n) is 1.49. The molecular weight excluding hydrogens is 295 g/mol. The molecule has 0 spiro atoms. The van der Waals surface area contributed by atoms with Gasteiger partial charge in [-0.15, -0.1) is 0 Å². The Morgan fingerprint density at radius 2 is 1.83 bits per heavy atom. The van der Waals surface area contributed by atoms with Crippen LogP contribution >= 0.6 is 23.2 Å². The molecule has 1 heterocycles. The molecule has 7 heteroatoms. The summed E-state index contributed by atoms with van der Waals surface area (Å²) >= 11 is 11.5. The summed E-state index contributed by atoms with van der Waals surface area (Å²) < 4.78 is 25.6. The maximum atomic E-state index is 12.1. The van der Waals surface area contributed by atoms with Crippen LogP contribution in [0.5, 0.6) is 0 Å². The molecule has 96 valence electrons. The van der Waals surface area contributed by atoms with Crippen LogP contribution < -0.4 is 0 Å². The van der Waals surface area contributed by atoms with Crippen LogP contribution in [0.15, 0.2) is 35.2 Å². The number of aromatic nitrogens is 2. The van der Waals surface area contributed by atoms with Gasteiger partial charge in [0, 0.05) is 12.1 Å². The molecule has 0 N–H and O–H groups in total. The third kappa shape index (κ3) is 2.85. The molecular formula is C11H10Cl2N2O2S. The maximum absolute atomic E-state index is 12.1. The molecule has 2 aromatic rings. The summed E-state index contributed by atoms with van der Waals surface area (Å²) in [7, 11) is -1.77. The minimum Gasteiger partial charge on any atom is -0.257 e. The van der Waals surface area contributed by atoms with E-state index in [1.807, 2.05) is 0 Å². The van der Waals surface area contributed by atoms with Gasteiger partial charge in [-0.2, -0.15) is 5.10 Å². The van der Waals surface area contributed by atoms with Crippen molar-refractivity contribution in [3.05, 3.63) is 46.2 Å². The lowest BCUT2D eigenvalue weighted by atomic mass is 10.4. The van der Waals surface area contributed by atoms with Gasteiger partial charge in [-0.3, -0.25) is 4.68 Å². The first-order chi connectivity index (χ1) is 8.38. The molecule has 4 nitrogen and oxygen atoms in total. The Bertz CT molecular complexity index is 643. The van der Waals surface area contributed by atoms with Crippen LogP contribution in [0.2, 0.25) is 10.2 Å². The lowest BCUT2D eigenvalue weighted by molar-refractivity contribution is 0.594. The van der Waals surface area contributed by atoms with Gasteiger partial charge in [-0.05, 0) is 30.3 Å². The van der Waals surface area contributed by atoms with E-state index in [4.69, 9.17) is 23.2 Å². The number of rotatable bonds is 3. The molecule has 1 aromatic carbocycles. The quantitative estimate of drug-likeness (QED) is 0.876. The van der Waals surface area contributed by atoms with Gasteiger partial charge in [0.2, 0.25) is 0 Å². The maximum Gasteiger partial charge on any atom is 0.184 e. The van der Waals surface area contributed by atoms with E-state index < -0.39 is 9.84 Å². The Labute approximate surface area is 115 Å². The van der Waals surface area contributed by atoms with Gasteiger partial charge >= 0.3 is 0 Å². The summed E-state index contributed by atoms with van der Waals surface area (Å²) in [6, 6.07) is 7.57. The molecule has 18 heavy (non-hydrogen) atoms. The zero-order valence-corrected chi connectivity index (χ0v) is 11.8. The molecule has 0 fully saturated rings. The van der Waals surface area contributed by atoms with Gasteiger partial charge in [-0.1, -0.05) is 23.2 Å². The zero-order chi connectivity index (χ0) is 13.3. The van der Waals surface area contributed by atoms with E-state index in [9.17, 15) is 8.42 Å². The van der Waals surface area contributed by atoms with E-state index >= 15 is 0 Å². The number of hydrogen-bond acceptors (Lipinski definition) is 3. The average Bonchev–Trinajstić information content (AvgIpc) is 2.57. The second kappa shape index (κ2) is 4.91. The molecule has 0 amide bonds. The highest BCUT2D eigenvalue weighted by atomic mass is 35.5. The predicted octanol–water partition coefficient (Wildman–Crippen LogP) is 2.70. The Balaban J connectivity index is 2.29. The summed E-state index contributed by atoms with van der Waals surface area (Å²) in [6.07, 6.45) is 0. The Morgan fingerprint density at radius 3 is 2.33 bits per heavy atom. The summed E-state index contributed by atoms with van der Waals surface area (Å²) in [5.74, 6) is -0.185. The second-order valence-electron chi connectivity index (χ2n) is 3.80. The van der Waals surface area contributed by atoms with Crippen molar-refractivity contribution in [1.82, 2.24) is 9.78 Å². The first kappa shape index (κ1) is 13.4. The van der Waals surface area contributed by atoms with Crippen molar-refractivity contribution >= 4 is 33.0 Å². The summed E-state index contributed by atoms with van der Waals surface area (Å²) in [5, 5.41) is 4.91. The Hall–Kier alpha value is -1.04. The van der Waals surface area contributed by atoms with E-state index in [0.29, 0.717) is 15.9 Å². The molecule has 0 aliphatic carbocycles. The first-order valence-corrected chi connectivity index (χ1v) is 7.46. The molecule has 0 saturated heterocycles. The largest absolute Gasteiger partial charge is 0.257 e. The highest BCUT2D eigenvalue weighted by Crippen LogP contribution is 2.19. The lowest BCUT2D eigenvalue weighted by Crippen LogP contribution is -2.05. The smallest absolute Gasteiger partial charge is 0.184 e. The van der Waals surface area contributed by atoms with E-state index in [0.717, 1.165) is 0 Å². The van der Waals surface area contributed by atoms with Gasteiger partial charge in [0.1, 0.15) is 5.15 Å². The van der Waals surface area contributed by atoms with Gasteiger partial charge in [0.05, 0.1) is 16.3 Å². The van der Waals surface area contributed by atoms with E-state index in [2.05, 4.69) is 5.10 Å². The van der Waals surface area contributed by atoms with Gasteiger partial charge in [0.15, 0.2) is 9.84 Å². The first-order valence-electron chi connectivity index (χ1n) is 5.05. The standard InChI is InChI=1S/C11H10Cl2N2O2S/c1-15-11(13)6-9(14-15)7-18(16,17)10-4-2-8(12)3-5-10/h2-6H,7H2,1H3. The average molecular weight is 305 g/mol. The number of nitrogens with zero attached hydrogens (tertiary/aromatic N) is 2. The molecule has 2 rings (SSSR count). The van der Waals surface area contributed by atoms with E-state index in [1.165, 1.54) is 22.9 Å². The number of hydrogen-bond donors (Lipinski definition) is 0. The van der Waals surface area contributed by atoms with Crippen LogP contribution in [0.3, 0.4) is 0 Å². The van der Waals surface area contributed by atoms with Crippen LogP contribution in [0, 0.1) is 0 Å². The van der Waals surface area contributed by atoms with E-state index in [1.54, 1.807) is 19.2 Å². The predicted molar refractivity (Wildman–Crippen MR) is 70.6 cm³/mol. The number of benzene rings is 1. The van der Waals surface area contributed by atoms with Crippen molar-refractivity contribution in [2.24, 2.45) is 7.05 Å². The van der Waals surface area contributed by atoms with Crippen molar-refractivity contribution in [2.45, 2.75) is 10.6 Å². The Kier molecular flexibility index (Phi) is 3.66. The molecule has 0 unspecified atom stereocenters. The highest BCUT2D eigenvalue weighted by Gasteiger charge is 2.17. The van der Waals surface area contributed by atoms with Gasteiger partial charge in [0.25, 0.3) is 0 Å². The zero-order valence-electron chi connectivity index (χ0n) is 9.47. The minimum absolute atomic E-state index is 0.185. The third-order valence-corrected chi connectivity index (χ3v) is 4.66. The summed E-state index contributed by atoms with van der Waals surface area (Å²) in [4.78, 5) is 0.216. The van der Waals surface area contributed by atoms with Crippen LogP contribution in [0.1, 0.15) is 5.69 Å². The molecule has 0 aliphatic heterocycles. The molecule has 0 saturated carbocycles. The van der Waals surface area contributed by atoms with Crippen LogP contribution in [0.25, 0.3) is 0 Å². The molecule has 0 bridgehead atoms. The fourth-order valence-corrected chi connectivity index (χ4v) is 3.03. The van der Waals surface area contributed by atoms with Crippen LogP contribution in [-0.4, -0.2) is 18.2 Å². The second-order valence-corrected chi connectivity index (χ2v) is 6.61. The van der Waals surface area contributed by atoms with Crippen LogP contribution in [0.4, 0.5) is 0 Å². The lowest BCUT2D eigenvalue weighted by Gasteiger charge is -2.02. The van der Waals surface area contributed by atoms with E-state index in [-0.39, 0.29) is 10.6 Å². The highest BCUT2D eigenvalue weighted by molar-refractivity contribution is 7.90. The monoisotopic (exact) mass is 304 g/mol. The third-order valence-electron chi connectivity index (χ3n) is 2.38. The number of halogens is 2. The number of sulfone groups is 1. The van der Waals surface area contributed by atoms with Crippen molar-refractivity contribution in [3.8, 4) is 0 Å². The molecule has 0 radical (unpaired) electrons. The normalized spacial score (nSPS) is 11.7.